The van der Waals surface area contributed by atoms with Crippen LogP contribution >= 0.6 is 31.9 Å². The summed E-state index contributed by atoms with van der Waals surface area (Å²) >= 11 is 7.16. The van der Waals surface area contributed by atoms with Crippen LogP contribution in [0.1, 0.15) is 0 Å². The highest BCUT2D eigenvalue weighted by atomic mass is 79.9. The molecule has 0 aliphatic carbocycles. The largest absolute Gasteiger partial charge is 0.228 e. The van der Waals surface area contributed by atoms with Crippen LogP contribution in [0.5, 0.6) is 0 Å². The van der Waals surface area contributed by atoms with E-state index in [1.54, 1.807) is 0 Å². The first kappa shape index (κ1) is 23.3. The van der Waals surface area contributed by atoms with Crippen molar-refractivity contribution in [2.24, 2.45) is 0 Å². The highest BCUT2D eigenvalue weighted by molar-refractivity contribution is 9.10. The number of benzene rings is 6. The van der Waals surface area contributed by atoms with Crippen molar-refractivity contribution in [1.82, 2.24) is 9.97 Å². The molecule has 0 spiro atoms. The summed E-state index contributed by atoms with van der Waals surface area (Å²) in [7, 11) is 0. The molecule has 0 unspecified atom stereocenters. The zero-order chi connectivity index (χ0) is 25.6. The van der Waals surface area contributed by atoms with E-state index < -0.39 is 0 Å². The van der Waals surface area contributed by atoms with Crippen molar-refractivity contribution in [3.8, 4) is 33.9 Å². The van der Waals surface area contributed by atoms with Crippen LogP contribution in [0, 0.1) is 0 Å². The van der Waals surface area contributed by atoms with Crippen molar-refractivity contribution < 1.29 is 0 Å². The molecule has 1 aromatic heterocycles. The van der Waals surface area contributed by atoms with E-state index >= 15 is 0 Å². The molecular weight excluding hydrogens is 596 g/mol. The second-order valence-corrected chi connectivity index (χ2v) is 11.2. The third-order valence-electron chi connectivity index (χ3n) is 6.99. The van der Waals surface area contributed by atoms with Crippen molar-refractivity contribution in [3.05, 3.63) is 130 Å². The highest BCUT2D eigenvalue weighted by Crippen LogP contribution is 2.37. The summed E-state index contributed by atoms with van der Waals surface area (Å²) in [5, 5.41) is 7.53. The molecule has 4 heteroatoms. The summed E-state index contributed by atoms with van der Waals surface area (Å²) in [4.78, 5) is 10.0. The first-order valence-electron chi connectivity index (χ1n) is 12.4. The Morgan fingerprint density at radius 2 is 0.895 bits per heavy atom. The average molecular weight is 616 g/mol. The number of hydrogen-bond acceptors (Lipinski definition) is 2. The molecule has 0 saturated carbocycles. The Labute approximate surface area is 237 Å². The summed E-state index contributed by atoms with van der Waals surface area (Å²) in [5.41, 5.74) is 4.86. The van der Waals surface area contributed by atoms with E-state index in [-0.39, 0.29) is 0 Å². The Balaban J connectivity index is 1.50. The number of hydrogen-bond donors (Lipinski definition) is 0. The molecule has 0 bridgehead atoms. The van der Waals surface area contributed by atoms with Gasteiger partial charge in [-0.15, -0.1) is 0 Å². The predicted molar refractivity (Wildman–Crippen MR) is 166 cm³/mol. The highest BCUT2D eigenvalue weighted by Gasteiger charge is 2.14. The molecule has 0 N–H and O–H groups in total. The van der Waals surface area contributed by atoms with Crippen LogP contribution in [-0.2, 0) is 0 Å². The van der Waals surface area contributed by atoms with Gasteiger partial charge >= 0.3 is 0 Å². The maximum absolute atomic E-state index is 5.06. The number of rotatable bonds is 3. The Morgan fingerprint density at radius 3 is 1.50 bits per heavy atom. The third-order valence-corrected chi connectivity index (χ3v) is 8.01. The molecule has 1 heterocycles. The van der Waals surface area contributed by atoms with Gasteiger partial charge in [-0.1, -0.05) is 117 Å². The zero-order valence-electron chi connectivity index (χ0n) is 20.2. The summed E-state index contributed by atoms with van der Waals surface area (Å²) in [6, 6.07) is 42.5. The van der Waals surface area contributed by atoms with Gasteiger partial charge in [0.1, 0.15) is 0 Å². The number of halogens is 2. The molecule has 0 aliphatic rings. The van der Waals surface area contributed by atoms with Gasteiger partial charge in [0.05, 0.1) is 11.4 Å². The Kier molecular flexibility index (Phi) is 5.80. The van der Waals surface area contributed by atoms with E-state index in [0.29, 0.717) is 5.82 Å². The Morgan fingerprint density at radius 1 is 0.368 bits per heavy atom. The molecule has 7 aromatic rings. The summed E-state index contributed by atoms with van der Waals surface area (Å²) in [6.45, 7) is 0. The van der Waals surface area contributed by atoms with Gasteiger partial charge in [0.25, 0.3) is 0 Å². The van der Waals surface area contributed by atoms with Crippen LogP contribution in [0.15, 0.2) is 130 Å². The standard InChI is InChI=1S/C34H20Br2N2/c35-24-15-12-21(13-16-24)34-37-32(22-6-5-7-25(36)18-22)20-33(38-34)23-14-17-30-28-10-2-1-8-26(28)27-9-3-4-11-29(27)31(30)19-23/h1-20H. The van der Waals surface area contributed by atoms with Gasteiger partial charge in [0, 0.05) is 25.6 Å². The summed E-state index contributed by atoms with van der Waals surface area (Å²) in [6.07, 6.45) is 0. The van der Waals surface area contributed by atoms with Gasteiger partial charge in [0.2, 0.25) is 0 Å². The fraction of sp³-hybridized carbons (Fsp3) is 0. The Bertz CT molecular complexity index is 1960. The first-order valence-corrected chi connectivity index (χ1v) is 14.0. The van der Waals surface area contributed by atoms with Gasteiger partial charge in [-0.05, 0) is 68.7 Å². The van der Waals surface area contributed by atoms with Crippen LogP contribution in [0.4, 0.5) is 0 Å². The van der Waals surface area contributed by atoms with Crippen molar-refractivity contribution in [2.75, 3.05) is 0 Å². The lowest BCUT2D eigenvalue weighted by Gasteiger charge is -2.13. The molecule has 2 nitrogen and oxygen atoms in total. The van der Waals surface area contributed by atoms with E-state index in [9.17, 15) is 0 Å². The predicted octanol–water partition coefficient (Wildman–Crippen LogP) is 10.5. The smallest absolute Gasteiger partial charge is 0.160 e. The molecule has 0 fully saturated rings. The van der Waals surface area contributed by atoms with Crippen molar-refractivity contribution in [1.29, 1.82) is 0 Å². The maximum Gasteiger partial charge on any atom is 0.160 e. The topological polar surface area (TPSA) is 25.8 Å². The molecular formula is C34H20Br2N2. The number of nitrogens with zero attached hydrogens (tertiary/aromatic N) is 2. The van der Waals surface area contributed by atoms with Crippen molar-refractivity contribution in [2.45, 2.75) is 0 Å². The normalized spacial score (nSPS) is 11.4. The van der Waals surface area contributed by atoms with Crippen LogP contribution in [0.25, 0.3) is 66.2 Å². The summed E-state index contributed by atoms with van der Waals surface area (Å²) < 4.78 is 2.04. The fourth-order valence-corrected chi connectivity index (χ4v) is 5.85. The van der Waals surface area contributed by atoms with Crippen LogP contribution in [0.2, 0.25) is 0 Å². The molecule has 180 valence electrons. The molecule has 38 heavy (non-hydrogen) atoms. The molecule has 0 aliphatic heterocycles. The first-order chi connectivity index (χ1) is 18.6. The molecule has 0 amide bonds. The zero-order valence-corrected chi connectivity index (χ0v) is 23.4. The molecule has 0 atom stereocenters. The van der Waals surface area contributed by atoms with Gasteiger partial charge < -0.3 is 0 Å². The molecule has 6 aromatic carbocycles. The van der Waals surface area contributed by atoms with E-state index in [1.165, 1.54) is 32.3 Å². The van der Waals surface area contributed by atoms with Gasteiger partial charge in [-0.2, -0.15) is 0 Å². The Hall–Kier alpha value is -3.86. The van der Waals surface area contributed by atoms with E-state index in [4.69, 9.17) is 9.97 Å². The van der Waals surface area contributed by atoms with Gasteiger partial charge in [-0.3, -0.25) is 0 Å². The average Bonchev–Trinajstić information content (AvgIpc) is 2.97. The maximum atomic E-state index is 5.06. The quantitative estimate of drug-likeness (QED) is 0.185. The van der Waals surface area contributed by atoms with Crippen molar-refractivity contribution in [3.63, 3.8) is 0 Å². The second kappa shape index (κ2) is 9.46. The number of aromatic nitrogens is 2. The van der Waals surface area contributed by atoms with E-state index in [2.05, 4.69) is 117 Å². The van der Waals surface area contributed by atoms with Crippen LogP contribution < -0.4 is 0 Å². The van der Waals surface area contributed by atoms with Crippen molar-refractivity contribution >= 4 is 64.2 Å². The third kappa shape index (κ3) is 4.10. The van der Waals surface area contributed by atoms with Crippen LogP contribution in [-0.4, -0.2) is 9.97 Å². The van der Waals surface area contributed by atoms with Gasteiger partial charge in [-0.25, -0.2) is 9.97 Å². The molecule has 0 radical (unpaired) electrons. The molecule has 0 saturated heterocycles. The molecule has 7 rings (SSSR count). The minimum Gasteiger partial charge on any atom is -0.228 e. The van der Waals surface area contributed by atoms with E-state index in [0.717, 1.165) is 37.0 Å². The minimum atomic E-state index is 0.702. The lowest BCUT2D eigenvalue weighted by molar-refractivity contribution is 1.18. The van der Waals surface area contributed by atoms with E-state index in [1.807, 2.05) is 36.4 Å². The lowest BCUT2D eigenvalue weighted by atomic mass is 9.92. The lowest BCUT2D eigenvalue weighted by Crippen LogP contribution is -1.96. The van der Waals surface area contributed by atoms with Gasteiger partial charge in [0.15, 0.2) is 5.82 Å². The fourth-order valence-electron chi connectivity index (χ4n) is 5.19. The SMILES string of the molecule is Brc1ccc(-c2nc(-c3cccc(Br)c3)cc(-c3ccc4c5ccccc5c5ccccc5c4c3)n2)cc1. The second-order valence-electron chi connectivity index (χ2n) is 9.33. The summed E-state index contributed by atoms with van der Waals surface area (Å²) in [5.74, 6) is 0.702. The number of fused-ring (bicyclic) bond motifs is 6. The monoisotopic (exact) mass is 614 g/mol. The minimum absolute atomic E-state index is 0.702. The van der Waals surface area contributed by atoms with Crippen LogP contribution in [0.3, 0.4) is 0 Å².